The number of hydrogen-bond donors (Lipinski definition) is 1. The molecule has 1 aliphatic heterocycles. The smallest absolute Gasteiger partial charge is 0.0535 e. The standard InChI is InChI=1S/C14H18BrNO/c15-13-7-11(14(9-16)4-5-14)1-2-12(13)10-3-6-17-8-10/h1-2,7,10H,3-6,8-9,16H2. The summed E-state index contributed by atoms with van der Waals surface area (Å²) in [5.41, 5.74) is 8.95. The third-order valence-corrected chi connectivity index (χ3v) is 4.91. The number of ether oxygens (including phenoxy) is 1. The minimum atomic E-state index is 0.285. The Labute approximate surface area is 111 Å². The molecule has 0 bridgehead atoms. The van der Waals surface area contributed by atoms with Crippen molar-refractivity contribution in [3.8, 4) is 0 Å². The Kier molecular flexibility index (Phi) is 3.01. The summed E-state index contributed by atoms with van der Waals surface area (Å²) in [5.74, 6) is 0.562. The van der Waals surface area contributed by atoms with Crippen molar-refractivity contribution in [2.24, 2.45) is 5.73 Å². The second-order valence-electron chi connectivity index (χ2n) is 5.28. The van der Waals surface area contributed by atoms with E-state index in [-0.39, 0.29) is 5.41 Å². The Bertz CT molecular complexity index is 422. The first kappa shape index (κ1) is 11.7. The van der Waals surface area contributed by atoms with Crippen LogP contribution in [0.2, 0.25) is 0 Å². The number of halogens is 1. The lowest BCUT2D eigenvalue weighted by Crippen LogP contribution is -2.19. The van der Waals surface area contributed by atoms with Crippen molar-refractivity contribution < 1.29 is 4.74 Å². The van der Waals surface area contributed by atoms with Gasteiger partial charge in [-0.3, -0.25) is 0 Å². The summed E-state index contributed by atoms with van der Waals surface area (Å²) in [6.45, 7) is 2.52. The van der Waals surface area contributed by atoms with Crippen molar-refractivity contribution in [3.63, 3.8) is 0 Å². The van der Waals surface area contributed by atoms with Crippen LogP contribution in [0.25, 0.3) is 0 Å². The number of nitrogens with two attached hydrogens (primary N) is 1. The highest BCUT2D eigenvalue weighted by atomic mass is 79.9. The van der Waals surface area contributed by atoms with E-state index in [1.807, 2.05) is 0 Å². The molecule has 0 spiro atoms. The molecule has 2 aliphatic rings. The van der Waals surface area contributed by atoms with Gasteiger partial charge in [-0.05, 0) is 36.5 Å². The van der Waals surface area contributed by atoms with E-state index in [2.05, 4.69) is 34.1 Å². The van der Waals surface area contributed by atoms with Crippen LogP contribution in [0.15, 0.2) is 22.7 Å². The van der Waals surface area contributed by atoms with Gasteiger partial charge in [0, 0.05) is 29.0 Å². The van der Waals surface area contributed by atoms with Crippen molar-refractivity contribution in [3.05, 3.63) is 33.8 Å². The van der Waals surface area contributed by atoms with Crippen LogP contribution in [0.4, 0.5) is 0 Å². The van der Waals surface area contributed by atoms with E-state index in [4.69, 9.17) is 10.5 Å². The molecule has 1 atom stereocenters. The maximum absolute atomic E-state index is 5.88. The van der Waals surface area contributed by atoms with E-state index in [9.17, 15) is 0 Å². The maximum atomic E-state index is 5.88. The zero-order valence-corrected chi connectivity index (χ0v) is 11.5. The van der Waals surface area contributed by atoms with Gasteiger partial charge in [0.1, 0.15) is 0 Å². The van der Waals surface area contributed by atoms with E-state index < -0.39 is 0 Å². The Morgan fingerprint density at radius 2 is 2.24 bits per heavy atom. The molecule has 1 aromatic carbocycles. The topological polar surface area (TPSA) is 35.2 Å². The monoisotopic (exact) mass is 295 g/mol. The molecule has 0 amide bonds. The zero-order chi connectivity index (χ0) is 11.9. The Morgan fingerprint density at radius 1 is 1.41 bits per heavy atom. The summed E-state index contributed by atoms with van der Waals surface area (Å²) in [5, 5.41) is 0. The van der Waals surface area contributed by atoms with Crippen molar-refractivity contribution in [2.75, 3.05) is 19.8 Å². The van der Waals surface area contributed by atoms with Crippen LogP contribution in [0.1, 0.15) is 36.3 Å². The largest absolute Gasteiger partial charge is 0.381 e. The predicted octanol–water partition coefficient (Wildman–Crippen LogP) is 2.94. The lowest BCUT2D eigenvalue weighted by Gasteiger charge is -2.17. The first-order chi connectivity index (χ1) is 8.25. The van der Waals surface area contributed by atoms with Crippen LogP contribution < -0.4 is 5.73 Å². The number of benzene rings is 1. The molecule has 3 rings (SSSR count). The van der Waals surface area contributed by atoms with Crippen LogP contribution >= 0.6 is 15.9 Å². The molecule has 1 saturated carbocycles. The third kappa shape index (κ3) is 2.05. The first-order valence-corrected chi connectivity index (χ1v) is 7.12. The van der Waals surface area contributed by atoms with Crippen LogP contribution in [0, 0.1) is 0 Å². The highest BCUT2D eigenvalue weighted by molar-refractivity contribution is 9.10. The molecule has 1 unspecified atom stereocenters. The molecule has 2 fully saturated rings. The van der Waals surface area contributed by atoms with Gasteiger partial charge in [0.05, 0.1) is 6.61 Å². The second kappa shape index (κ2) is 4.38. The van der Waals surface area contributed by atoms with Crippen molar-refractivity contribution >= 4 is 15.9 Å². The fourth-order valence-electron chi connectivity index (χ4n) is 2.73. The van der Waals surface area contributed by atoms with Gasteiger partial charge in [0.25, 0.3) is 0 Å². The van der Waals surface area contributed by atoms with Gasteiger partial charge >= 0.3 is 0 Å². The fourth-order valence-corrected chi connectivity index (χ4v) is 3.43. The summed E-state index contributed by atoms with van der Waals surface area (Å²) in [6.07, 6.45) is 3.61. The zero-order valence-electron chi connectivity index (χ0n) is 9.92. The molecule has 1 aromatic rings. The average Bonchev–Trinajstić information content (AvgIpc) is 2.97. The van der Waals surface area contributed by atoms with Crippen LogP contribution in [-0.4, -0.2) is 19.8 Å². The maximum Gasteiger partial charge on any atom is 0.0535 e. The van der Waals surface area contributed by atoms with Crippen LogP contribution in [0.3, 0.4) is 0 Å². The molecule has 2 nitrogen and oxygen atoms in total. The highest BCUT2D eigenvalue weighted by Gasteiger charge is 2.43. The molecule has 0 aromatic heterocycles. The number of hydrogen-bond acceptors (Lipinski definition) is 2. The van der Waals surface area contributed by atoms with Gasteiger partial charge in [-0.2, -0.15) is 0 Å². The van der Waals surface area contributed by atoms with Crippen LogP contribution in [-0.2, 0) is 10.2 Å². The SMILES string of the molecule is NCC1(c2ccc(C3CCOC3)c(Br)c2)CC1. The van der Waals surface area contributed by atoms with E-state index in [1.165, 1.54) is 28.4 Å². The molecule has 1 saturated heterocycles. The minimum absolute atomic E-state index is 0.285. The highest BCUT2D eigenvalue weighted by Crippen LogP contribution is 2.48. The molecular weight excluding hydrogens is 278 g/mol. The lowest BCUT2D eigenvalue weighted by atomic mass is 9.91. The Morgan fingerprint density at radius 3 is 2.76 bits per heavy atom. The van der Waals surface area contributed by atoms with Gasteiger partial charge in [0.2, 0.25) is 0 Å². The van der Waals surface area contributed by atoms with Gasteiger partial charge < -0.3 is 10.5 Å². The van der Waals surface area contributed by atoms with Crippen molar-refractivity contribution in [1.29, 1.82) is 0 Å². The molecule has 3 heteroatoms. The molecule has 1 heterocycles. The summed E-state index contributed by atoms with van der Waals surface area (Å²) in [7, 11) is 0. The summed E-state index contributed by atoms with van der Waals surface area (Å²) in [6, 6.07) is 6.79. The molecule has 17 heavy (non-hydrogen) atoms. The Hall–Kier alpha value is -0.380. The van der Waals surface area contributed by atoms with E-state index in [1.54, 1.807) is 0 Å². The predicted molar refractivity (Wildman–Crippen MR) is 72.3 cm³/mol. The van der Waals surface area contributed by atoms with Crippen molar-refractivity contribution in [2.45, 2.75) is 30.6 Å². The van der Waals surface area contributed by atoms with Crippen molar-refractivity contribution in [1.82, 2.24) is 0 Å². The van der Waals surface area contributed by atoms with Gasteiger partial charge in [-0.15, -0.1) is 0 Å². The first-order valence-electron chi connectivity index (χ1n) is 6.33. The van der Waals surface area contributed by atoms with Gasteiger partial charge in [0.15, 0.2) is 0 Å². The number of rotatable bonds is 3. The van der Waals surface area contributed by atoms with E-state index >= 15 is 0 Å². The molecule has 0 radical (unpaired) electrons. The fraction of sp³-hybridized carbons (Fsp3) is 0.571. The molecule has 1 aliphatic carbocycles. The lowest BCUT2D eigenvalue weighted by molar-refractivity contribution is 0.194. The second-order valence-corrected chi connectivity index (χ2v) is 6.14. The van der Waals surface area contributed by atoms with E-state index in [0.29, 0.717) is 5.92 Å². The summed E-state index contributed by atoms with van der Waals surface area (Å²) in [4.78, 5) is 0. The minimum Gasteiger partial charge on any atom is -0.381 e. The summed E-state index contributed by atoms with van der Waals surface area (Å²) < 4.78 is 6.68. The van der Waals surface area contributed by atoms with Crippen LogP contribution in [0.5, 0.6) is 0 Å². The average molecular weight is 296 g/mol. The molecule has 2 N–H and O–H groups in total. The van der Waals surface area contributed by atoms with Gasteiger partial charge in [-0.25, -0.2) is 0 Å². The Balaban J connectivity index is 1.88. The summed E-state index contributed by atoms with van der Waals surface area (Å²) >= 11 is 3.71. The molecule has 92 valence electrons. The third-order valence-electron chi connectivity index (χ3n) is 4.23. The van der Waals surface area contributed by atoms with E-state index in [0.717, 1.165) is 26.2 Å². The van der Waals surface area contributed by atoms with Gasteiger partial charge in [-0.1, -0.05) is 28.1 Å². The quantitative estimate of drug-likeness (QED) is 0.930. The molecular formula is C14H18BrNO. The normalized spacial score (nSPS) is 26.1.